The Bertz CT molecular complexity index is 512. The van der Waals surface area contributed by atoms with Crippen LogP contribution in [0.5, 0.6) is 0 Å². The van der Waals surface area contributed by atoms with Crippen molar-refractivity contribution in [2.24, 2.45) is 0 Å². The van der Waals surface area contributed by atoms with Crippen LogP contribution in [-0.2, 0) is 11.2 Å². The van der Waals surface area contributed by atoms with Gasteiger partial charge in [0.05, 0.1) is 18.8 Å². The number of morpholine rings is 1. The number of piperidine rings is 1. The summed E-state index contributed by atoms with van der Waals surface area (Å²) in [6.45, 7) is 4.82. The van der Waals surface area contributed by atoms with Gasteiger partial charge in [-0.25, -0.2) is 4.79 Å². The molecule has 0 unspecified atom stereocenters. The molecule has 1 aromatic rings. The van der Waals surface area contributed by atoms with Crippen molar-refractivity contribution >= 4 is 6.03 Å². The maximum atomic E-state index is 12.4. The predicted octanol–water partition coefficient (Wildman–Crippen LogP) is 1.74. The van der Waals surface area contributed by atoms with E-state index in [0.717, 1.165) is 38.9 Å². The third kappa shape index (κ3) is 4.24. The zero-order valence-electron chi connectivity index (χ0n) is 14.0. The largest absolute Gasteiger partial charge is 0.371 e. The number of likely N-dealkylation sites (tertiary alicyclic amines) is 1. The van der Waals surface area contributed by atoms with Gasteiger partial charge in [-0.15, -0.1) is 0 Å². The van der Waals surface area contributed by atoms with Gasteiger partial charge < -0.3 is 19.9 Å². The highest BCUT2D eigenvalue weighted by molar-refractivity contribution is 5.74. The van der Waals surface area contributed by atoms with E-state index in [1.54, 1.807) is 0 Å². The molecule has 2 fully saturated rings. The molecule has 23 heavy (non-hydrogen) atoms. The summed E-state index contributed by atoms with van der Waals surface area (Å²) in [6, 6.07) is 10.3. The Morgan fingerprint density at radius 1 is 1.22 bits per heavy atom. The average molecular weight is 317 g/mol. The van der Waals surface area contributed by atoms with Crippen LogP contribution in [0.15, 0.2) is 30.3 Å². The second-order valence-electron chi connectivity index (χ2n) is 6.72. The SMILES string of the molecule is CN1CCC2(CC1)CN(C(=O)NCCc1ccccc1)CCO2. The van der Waals surface area contributed by atoms with Crippen molar-refractivity contribution in [3.05, 3.63) is 35.9 Å². The molecule has 1 aromatic carbocycles. The van der Waals surface area contributed by atoms with Gasteiger partial charge in [0, 0.05) is 26.2 Å². The minimum atomic E-state index is -0.123. The quantitative estimate of drug-likeness (QED) is 0.923. The first-order valence-corrected chi connectivity index (χ1v) is 8.56. The van der Waals surface area contributed by atoms with Crippen LogP contribution in [0.1, 0.15) is 18.4 Å². The lowest BCUT2D eigenvalue weighted by Gasteiger charge is -2.46. The molecule has 0 aromatic heterocycles. The van der Waals surface area contributed by atoms with E-state index in [1.807, 2.05) is 23.1 Å². The molecule has 2 saturated heterocycles. The normalized spacial score (nSPS) is 21.3. The summed E-state index contributed by atoms with van der Waals surface area (Å²) < 4.78 is 6.06. The fourth-order valence-corrected chi connectivity index (χ4v) is 3.42. The van der Waals surface area contributed by atoms with Crippen molar-refractivity contribution in [3.63, 3.8) is 0 Å². The van der Waals surface area contributed by atoms with E-state index >= 15 is 0 Å². The molecule has 5 nitrogen and oxygen atoms in total. The lowest BCUT2D eigenvalue weighted by atomic mass is 9.89. The molecule has 5 heteroatoms. The summed E-state index contributed by atoms with van der Waals surface area (Å²) in [4.78, 5) is 16.7. The first kappa shape index (κ1) is 16.3. The van der Waals surface area contributed by atoms with Gasteiger partial charge in [-0.05, 0) is 31.9 Å². The number of hydrogen-bond acceptors (Lipinski definition) is 3. The Hall–Kier alpha value is -1.59. The highest BCUT2D eigenvalue weighted by Gasteiger charge is 2.40. The number of hydrogen-bond donors (Lipinski definition) is 1. The third-order valence-corrected chi connectivity index (χ3v) is 4.97. The summed E-state index contributed by atoms with van der Waals surface area (Å²) in [5.41, 5.74) is 1.13. The fraction of sp³-hybridized carbons (Fsp3) is 0.611. The minimum Gasteiger partial charge on any atom is -0.371 e. The number of nitrogens with one attached hydrogen (secondary N) is 1. The van der Waals surface area contributed by atoms with E-state index in [9.17, 15) is 4.79 Å². The molecule has 1 spiro atoms. The molecule has 2 aliphatic heterocycles. The van der Waals surface area contributed by atoms with Gasteiger partial charge in [0.15, 0.2) is 0 Å². The number of rotatable bonds is 3. The van der Waals surface area contributed by atoms with Crippen LogP contribution in [0.4, 0.5) is 4.79 Å². The lowest BCUT2D eigenvalue weighted by molar-refractivity contribution is -0.123. The molecule has 126 valence electrons. The Morgan fingerprint density at radius 2 is 1.96 bits per heavy atom. The van der Waals surface area contributed by atoms with E-state index in [4.69, 9.17) is 4.74 Å². The Morgan fingerprint density at radius 3 is 2.70 bits per heavy atom. The van der Waals surface area contributed by atoms with Gasteiger partial charge in [0.25, 0.3) is 0 Å². The topological polar surface area (TPSA) is 44.8 Å². The molecule has 0 saturated carbocycles. The molecule has 2 amide bonds. The van der Waals surface area contributed by atoms with Crippen LogP contribution < -0.4 is 5.32 Å². The van der Waals surface area contributed by atoms with Crippen molar-refractivity contribution in [1.82, 2.24) is 15.1 Å². The van der Waals surface area contributed by atoms with Crippen molar-refractivity contribution in [2.75, 3.05) is 46.4 Å². The second-order valence-corrected chi connectivity index (χ2v) is 6.72. The Kier molecular flexibility index (Phi) is 5.18. The van der Waals surface area contributed by atoms with Crippen molar-refractivity contribution in [1.29, 1.82) is 0 Å². The maximum Gasteiger partial charge on any atom is 0.317 e. The third-order valence-electron chi connectivity index (χ3n) is 4.97. The second kappa shape index (κ2) is 7.32. The standard InChI is InChI=1S/C18H27N3O2/c1-20-11-8-18(9-12-20)15-21(13-14-23-18)17(22)19-10-7-16-5-3-2-4-6-16/h2-6H,7-15H2,1H3,(H,19,22). The van der Waals surface area contributed by atoms with Crippen LogP contribution in [0.25, 0.3) is 0 Å². The van der Waals surface area contributed by atoms with Gasteiger partial charge in [-0.3, -0.25) is 0 Å². The molecule has 0 radical (unpaired) electrons. The molecule has 2 heterocycles. The van der Waals surface area contributed by atoms with E-state index in [1.165, 1.54) is 5.56 Å². The van der Waals surface area contributed by atoms with Crippen LogP contribution in [0, 0.1) is 0 Å². The number of amides is 2. The van der Waals surface area contributed by atoms with Gasteiger partial charge in [0.2, 0.25) is 0 Å². The summed E-state index contributed by atoms with van der Waals surface area (Å²) in [5, 5.41) is 3.05. The Balaban J connectivity index is 1.47. The van der Waals surface area contributed by atoms with Crippen molar-refractivity contribution in [2.45, 2.75) is 24.9 Å². The first-order valence-electron chi connectivity index (χ1n) is 8.56. The highest BCUT2D eigenvalue weighted by Crippen LogP contribution is 2.29. The smallest absolute Gasteiger partial charge is 0.317 e. The number of urea groups is 1. The van der Waals surface area contributed by atoms with Crippen LogP contribution >= 0.6 is 0 Å². The number of carbonyl (C=O) groups excluding carboxylic acids is 1. The van der Waals surface area contributed by atoms with Gasteiger partial charge in [0.1, 0.15) is 0 Å². The zero-order valence-corrected chi connectivity index (χ0v) is 14.0. The number of carbonyl (C=O) groups is 1. The number of benzene rings is 1. The molecule has 2 aliphatic rings. The van der Waals surface area contributed by atoms with Gasteiger partial charge >= 0.3 is 6.03 Å². The molecule has 0 bridgehead atoms. The molecule has 0 atom stereocenters. The molecule has 1 N–H and O–H groups in total. The first-order chi connectivity index (χ1) is 11.2. The average Bonchev–Trinajstić information content (AvgIpc) is 2.59. The fourth-order valence-electron chi connectivity index (χ4n) is 3.42. The van der Waals surface area contributed by atoms with E-state index < -0.39 is 0 Å². The van der Waals surface area contributed by atoms with E-state index in [0.29, 0.717) is 19.7 Å². The highest BCUT2D eigenvalue weighted by atomic mass is 16.5. The van der Waals surface area contributed by atoms with E-state index in [-0.39, 0.29) is 11.6 Å². The van der Waals surface area contributed by atoms with Crippen LogP contribution in [0.3, 0.4) is 0 Å². The molecular weight excluding hydrogens is 290 g/mol. The number of ether oxygens (including phenoxy) is 1. The van der Waals surface area contributed by atoms with Gasteiger partial charge in [-0.1, -0.05) is 30.3 Å². The summed E-state index contributed by atoms with van der Waals surface area (Å²) >= 11 is 0. The molecule has 0 aliphatic carbocycles. The summed E-state index contributed by atoms with van der Waals surface area (Å²) in [6.07, 6.45) is 2.89. The van der Waals surface area contributed by atoms with Crippen molar-refractivity contribution < 1.29 is 9.53 Å². The van der Waals surface area contributed by atoms with Crippen molar-refractivity contribution in [3.8, 4) is 0 Å². The summed E-state index contributed by atoms with van der Waals surface area (Å²) in [7, 11) is 2.14. The minimum absolute atomic E-state index is 0.0440. The number of nitrogens with zero attached hydrogens (tertiary/aromatic N) is 2. The zero-order chi connectivity index (χ0) is 16.1. The van der Waals surface area contributed by atoms with Crippen LogP contribution in [0.2, 0.25) is 0 Å². The molecule has 3 rings (SSSR count). The summed E-state index contributed by atoms with van der Waals surface area (Å²) in [5.74, 6) is 0. The predicted molar refractivity (Wildman–Crippen MR) is 90.5 cm³/mol. The Labute approximate surface area is 138 Å². The van der Waals surface area contributed by atoms with Crippen LogP contribution in [-0.4, -0.2) is 67.8 Å². The monoisotopic (exact) mass is 317 g/mol. The maximum absolute atomic E-state index is 12.4. The lowest BCUT2D eigenvalue weighted by Crippen LogP contribution is -2.59. The van der Waals surface area contributed by atoms with Gasteiger partial charge in [-0.2, -0.15) is 0 Å². The van der Waals surface area contributed by atoms with E-state index in [2.05, 4.69) is 29.4 Å². The molecular formula is C18H27N3O2.